The van der Waals surface area contributed by atoms with E-state index in [2.05, 4.69) is 0 Å². The molecule has 0 heterocycles. The lowest BCUT2D eigenvalue weighted by Gasteiger charge is -2.15. The van der Waals surface area contributed by atoms with Gasteiger partial charge in [0.05, 0.1) is 0 Å². The SMILES string of the molecule is CC([O-])c1ccccc1. The minimum atomic E-state index is -0.591. The van der Waals surface area contributed by atoms with Crippen LogP contribution in [0.15, 0.2) is 30.3 Å². The van der Waals surface area contributed by atoms with E-state index >= 15 is 0 Å². The van der Waals surface area contributed by atoms with Crippen molar-refractivity contribution in [3.8, 4) is 0 Å². The van der Waals surface area contributed by atoms with Gasteiger partial charge in [-0.2, -0.15) is 0 Å². The molecule has 1 aromatic carbocycles. The molecule has 1 rings (SSSR count). The Balaban J connectivity index is 2.85. The zero-order valence-corrected chi connectivity index (χ0v) is 5.37. The fourth-order valence-electron chi connectivity index (χ4n) is 0.724. The molecule has 1 unspecified atom stereocenters. The molecule has 0 aliphatic heterocycles. The molecule has 0 bridgehead atoms. The summed E-state index contributed by atoms with van der Waals surface area (Å²) in [6.45, 7) is 1.65. The van der Waals surface area contributed by atoms with Crippen LogP contribution in [0.5, 0.6) is 0 Å². The molecule has 0 aliphatic carbocycles. The summed E-state index contributed by atoms with van der Waals surface area (Å²) in [5.74, 6) is 0. The molecule has 1 atom stereocenters. The van der Waals surface area contributed by atoms with Gasteiger partial charge in [0.15, 0.2) is 0 Å². The van der Waals surface area contributed by atoms with Crippen LogP contribution in [0, 0.1) is 0 Å². The first-order valence-electron chi connectivity index (χ1n) is 3.01. The van der Waals surface area contributed by atoms with Crippen LogP contribution >= 0.6 is 0 Å². The van der Waals surface area contributed by atoms with Crippen LogP contribution in [-0.4, -0.2) is 0 Å². The Morgan fingerprint density at radius 1 is 1.22 bits per heavy atom. The molecule has 0 spiro atoms. The first-order valence-corrected chi connectivity index (χ1v) is 3.01. The second kappa shape index (κ2) is 2.65. The molecule has 0 aromatic heterocycles. The summed E-state index contributed by atoms with van der Waals surface area (Å²) in [6.07, 6.45) is -0.591. The van der Waals surface area contributed by atoms with Gasteiger partial charge in [-0.15, -0.1) is 6.10 Å². The van der Waals surface area contributed by atoms with Crippen molar-refractivity contribution in [3.63, 3.8) is 0 Å². The van der Waals surface area contributed by atoms with E-state index in [1.165, 1.54) is 0 Å². The highest BCUT2D eigenvalue weighted by Crippen LogP contribution is 2.05. The average Bonchev–Trinajstić information content (AvgIpc) is 1.90. The van der Waals surface area contributed by atoms with Crippen molar-refractivity contribution in [2.75, 3.05) is 0 Å². The van der Waals surface area contributed by atoms with E-state index in [4.69, 9.17) is 0 Å². The van der Waals surface area contributed by atoms with Gasteiger partial charge in [0.2, 0.25) is 0 Å². The topological polar surface area (TPSA) is 23.1 Å². The Hall–Kier alpha value is -0.820. The van der Waals surface area contributed by atoms with Gasteiger partial charge in [-0.25, -0.2) is 0 Å². The Morgan fingerprint density at radius 3 is 2.11 bits per heavy atom. The van der Waals surface area contributed by atoms with Crippen LogP contribution in [0.3, 0.4) is 0 Å². The number of benzene rings is 1. The molecule has 0 radical (unpaired) electrons. The lowest BCUT2D eigenvalue weighted by molar-refractivity contribution is -0.420. The summed E-state index contributed by atoms with van der Waals surface area (Å²) in [5, 5.41) is 10.7. The number of hydrogen-bond donors (Lipinski definition) is 0. The molecule has 1 aromatic rings. The van der Waals surface area contributed by atoms with Gasteiger partial charge in [-0.1, -0.05) is 42.8 Å². The zero-order chi connectivity index (χ0) is 6.69. The predicted octanol–water partition coefficient (Wildman–Crippen LogP) is 1.11. The van der Waals surface area contributed by atoms with Gasteiger partial charge in [0.1, 0.15) is 0 Å². The van der Waals surface area contributed by atoms with E-state index in [1.54, 1.807) is 6.92 Å². The van der Waals surface area contributed by atoms with Gasteiger partial charge in [0, 0.05) is 0 Å². The summed E-state index contributed by atoms with van der Waals surface area (Å²) in [4.78, 5) is 0. The lowest BCUT2D eigenvalue weighted by atomic mass is 10.1. The second-order valence-corrected chi connectivity index (χ2v) is 2.05. The van der Waals surface area contributed by atoms with Crippen molar-refractivity contribution in [1.29, 1.82) is 0 Å². The first-order chi connectivity index (χ1) is 4.30. The van der Waals surface area contributed by atoms with E-state index in [1.807, 2.05) is 30.3 Å². The zero-order valence-electron chi connectivity index (χ0n) is 5.37. The maximum atomic E-state index is 10.7. The third-order valence-corrected chi connectivity index (χ3v) is 1.27. The molecule has 1 heteroatoms. The summed E-state index contributed by atoms with van der Waals surface area (Å²) < 4.78 is 0. The van der Waals surface area contributed by atoms with Crippen molar-refractivity contribution in [1.82, 2.24) is 0 Å². The molecule has 0 saturated heterocycles. The third kappa shape index (κ3) is 1.54. The molecule has 0 fully saturated rings. The summed E-state index contributed by atoms with van der Waals surface area (Å²) in [7, 11) is 0. The summed E-state index contributed by atoms with van der Waals surface area (Å²) in [6, 6.07) is 9.36. The van der Waals surface area contributed by atoms with Crippen molar-refractivity contribution < 1.29 is 5.11 Å². The standard InChI is InChI=1S/C8H9O/c1-7(9)8-5-3-2-4-6-8/h2-7H,1H3/q-1. The van der Waals surface area contributed by atoms with E-state index in [0.29, 0.717) is 0 Å². The van der Waals surface area contributed by atoms with E-state index in [0.717, 1.165) is 5.56 Å². The molecular formula is C8H9O-. The van der Waals surface area contributed by atoms with E-state index in [9.17, 15) is 5.11 Å². The van der Waals surface area contributed by atoms with Crippen molar-refractivity contribution in [2.24, 2.45) is 0 Å². The highest BCUT2D eigenvalue weighted by atomic mass is 16.3. The van der Waals surface area contributed by atoms with Crippen LogP contribution < -0.4 is 5.11 Å². The highest BCUT2D eigenvalue weighted by Gasteiger charge is 1.86. The summed E-state index contributed by atoms with van der Waals surface area (Å²) >= 11 is 0. The maximum absolute atomic E-state index is 10.7. The van der Waals surface area contributed by atoms with E-state index < -0.39 is 6.10 Å². The van der Waals surface area contributed by atoms with Crippen molar-refractivity contribution in [3.05, 3.63) is 35.9 Å². The molecule has 0 amide bonds. The molecular weight excluding hydrogens is 112 g/mol. The van der Waals surface area contributed by atoms with Crippen LogP contribution in [0.25, 0.3) is 0 Å². The van der Waals surface area contributed by atoms with Gasteiger partial charge < -0.3 is 5.11 Å². The molecule has 0 aliphatic rings. The highest BCUT2D eigenvalue weighted by molar-refractivity contribution is 5.15. The second-order valence-electron chi connectivity index (χ2n) is 2.05. The predicted molar refractivity (Wildman–Crippen MR) is 34.9 cm³/mol. The van der Waals surface area contributed by atoms with Gasteiger partial charge in [-0.05, 0) is 0 Å². The molecule has 9 heavy (non-hydrogen) atoms. The van der Waals surface area contributed by atoms with Crippen LogP contribution in [0.2, 0.25) is 0 Å². The Kier molecular flexibility index (Phi) is 1.85. The molecule has 48 valence electrons. The minimum Gasteiger partial charge on any atom is -0.849 e. The average molecular weight is 121 g/mol. The van der Waals surface area contributed by atoms with Gasteiger partial charge >= 0.3 is 0 Å². The van der Waals surface area contributed by atoms with Crippen LogP contribution in [-0.2, 0) is 0 Å². The largest absolute Gasteiger partial charge is 0.849 e. The Bertz CT molecular complexity index is 167. The Morgan fingerprint density at radius 2 is 1.78 bits per heavy atom. The number of hydrogen-bond acceptors (Lipinski definition) is 1. The smallest absolute Gasteiger partial charge is 0.0601 e. The van der Waals surface area contributed by atoms with Crippen LogP contribution in [0.4, 0.5) is 0 Å². The number of rotatable bonds is 1. The fourth-order valence-corrected chi connectivity index (χ4v) is 0.724. The van der Waals surface area contributed by atoms with E-state index in [-0.39, 0.29) is 0 Å². The summed E-state index contributed by atoms with van der Waals surface area (Å²) in [5.41, 5.74) is 0.859. The quantitative estimate of drug-likeness (QED) is 0.545. The Labute approximate surface area is 55.0 Å². The van der Waals surface area contributed by atoms with Crippen molar-refractivity contribution in [2.45, 2.75) is 13.0 Å². The fraction of sp³-hybridized carbons (Fsp3) is 0.250. The molecule has 0 N–H and O–H groups in total. The third-order valence-electron chi connectivity index (χ3n) is 1.27. The molecule has 0 saturated carbocycles. The normalized spacial score (nSPS) is 13.1. The van der Waals surface area contributed by atoms with Crippen LogP contribution in [0.1, 0.15) is 18.6 Å². The first kappa shape index (κ1) is 6.30. The maximum Gasteiger partial charge on any atom is -0.0601 e. The van der Waals surface area contributed by atoms with Gasteiger partial charge in [0.25, 0.3) is 0 Å². The van der Waals surface area contributed by atoms with Gasteiger partial charge in [-0.3, -0.25) is 0 Å². The molecule has 1 nitrogen and oxygen atoms in total. The van der Waals surface area contributed by atoms with Crippen molar-refractivity contribution >= 4 is 0 Å². The minimum absolute atomic E-state index is 0.591. The lowest BCUT2D eigenvalue weighted by Crippen LogP contribution is -2.09. The monoisotopic (exact) mass is 121 g/mol.